The van der Waals surface area contributed by atoms with Crippen LogP contribution in [0.1, 0.15) is 24.0 Å². The molecule has 1 aliphatic heterocycles. The molecule has 2 N–H and O–H groups in total. The highest BCUT2D eigenvalue weighted by Crippen LogP contribution is 2.45. The van der Waals surface area contributed by atoms with Crippen molar-refractivity contribution in [3.8, 4) is 17.6 Å². The predicted octanol–water partition coefficient (Wildman–Crippen LogP) is 3.49. The van der Waals surface area contributed by atoms with Gasteiger partial charge in [0.15, 0.2) is 0 Å². The van der Waals surface area contributed by atoms with E-state index in [1.54, 1.807) is 62.6 Å². The first-order valence-electron chi connectivity index (χ1n) is 9.31. The Bertz CT molecular complexity index is 1050. The summed E-state index contributed by atoms with van der Waals surface area (Å²) >= 11 is 0. The van der Waals surface area contributed by atoms with E-state index in [0.29, 0.717) is 22.6 Å². The zero-order valence-corrected chi connectivity index (χ0v) is 17.0. The average molecular weight is 406 g/mol. The van der Waals surface area contributed by atoms with E-state index in [2.05, 4.69) is 6.07 Å². The number of nitriles is 1. The van der Waals surface area contributed by atoms with E-state index in [1.807, 2.05) is 0 Å². The lowest BCUT2D eigenvalue weighted by atomic mass is 9.81. The largest absolute Gasteiger partial charge is 0.497 e. The van der Waals surface area contributed by atoms with Gasteiger partial charge in [0.05, 0.1) is 32.3 Å². The number of carbonyl (C=O) groups excluding carboxylic acids is 1. The molecule has 0 amide bonds. The number of allylic oxidation sites excluding steroid dienone is 1. The first-order chi connectivity index (χ1) is 14.5. The Balaban J connectivity index is 2.29. The summed E-state index contributed by atoms with van der Waals surface area (Å²) in [6, 6.07) is 16.2. The Morgan fingerprint density at radius 3 is 2.43 bits per heavy atom. The third-order valence-corrected chi connectivity index (χ3v) is 4.72. The van der Waals surface area contributed by atoms with Crippen LogP contribution in [-0.4, -0.2) is 26.8 Å². The van der Waals surface area contributed by atoms with E-state index in [4.69, 9.17) is 24.7 Å². The van der Waals surface area contributed by atoms with Gasteiger partial charge in [0, 0.05) is 11.1 Å². The topological polar surface area (TPSA) is 104 Å². The summed E-state index contributed by atoms with van der Waals surface area (Å²) in [7, 11) is 3.09. The van der Waals surface area contributed by atoms with Crippen molar-refractivity contribution >= 4 is 11.7 Å². The average Bonchev–Trinajstić information content (AvgIpc) is 2.78. The van der Waals surface area contributed by atoms with E-state index >= 15 is 0 Å². The summed E-state index contributed by atoms with van der Waals surface area (Å²) in [5.41, 5.74) is 7.61. The number of para-hydroxylation sites is 1. The van der Waals surface area contributed by atoms with E-state index < -0.39 is 11.9 Å². The van der Waals surface area contributed by atoms with Crippen molar-refractivity contribution in [1.29, 1.82) is 5.26 Å². The maximum atomic E-state index is 13.1. The standard InChI is InChI=1S/C23H22N2O5/c1-4-29-23(26)20-19(16-7-5-6-8-18(16)28-3)17(13-24)22(25)30-21(20)14-9-11-15(27-2)12-10-14/h5-12,19H,4,25H2,1-3H3. The van der Waals surface area contributed by atoms with Gasteiger partial charge in [-0.3, -0.25) is 0 Å². The van der Waals surface area contributed by atoms with Crippen LogP contribution in [0.2, 0.25) is 0 Å². The van der Waals surface area contributed by atoms with Gasteiger partial charge < -0.3 is 24.7 Å². The molecule has 2 aromatic rings. The number of hydrogen-bond donors (Lipinski definition) is 1. The zero-order valence-electron chi connectivity index (χ0n) is 17.0. The molecule has 0 spiro atoms. The van der Waals surface area contributed by atoms with Gasteiger partial charge in [-0.05, 0) is 37.3 Å². The summed E-state index contributed by atoms with van der Waals surface area (Å²) in [6.45, 7) is 1.88. The summed E-state index contributed by atoms with van der Waals surface area (Å²) in [5, 5.41) is 9.81. The van der Waals surface area contributed by atoms with E-state index in [9.17, 15) is 10.1 Å². The first-order valence-corrected chi connectivity index (χ1v) is 9.31. The molecule has 1 heterocycles. The van der Waals surface area contributed by atoms with Crippen molar-refractivity contribution in [3.63, 3.8) is 0 Å². The van der Waals surface area contributed by atoms with Crippen molar-refractivity contribution in [2.75, 3.05) is 20.8 Å². The molecule has 1 aliphatic rings. The minimum atomic E-state index is -0.809. The van der Waals surface area contributed by atoms with Gasteiger partial charge in [-0.2, -0.15) is 5.26 Å². The number of hydrogen-bond acceptors (Lipinski definition) is 7. The van der Waals surface area contributed by atoms with Crippen molar-refractivity contribution < 1.29 is 23.7 Å². The highest BCUT2D eigenvalue weighted by Gasteiger charge is 2.39. The molecule has 1 unspecified atom stereocenters. The van der Waals surface area contributed by atoms with Crippen LogP contribution in [0.15, 0.2) is 65.6 Å². The molecule has 30 heavy (non-hydrogen) atoms. The summed E-state index contributed by atoms with van der Waals surface area (Å²) in [5.74, 6) is -0.0949. The second kappa shape index (κ2) is 9.05. The zero-order chi connectivity index (χ0) is 21.7. The molecule has 0 saturated heterocycles. The van der Waals surface area contributed by atoms with Crippen LogP contribution in [0.25, 0.3) is 5.76 Å². The molecule has 0 radical (unpaired) electrons. The van der Waals surface area contributed by atoms with Crippen molar-refractivity contribution in [2.24, 2.45) is 5.73 Å². The number of rotatable bonds is 6. The lowest BCUT2D eigenvalue weighted by molar-refractivity contribution is -0.138. The quantitative estimate of drug-likeness (QED) is 0.732. The monoisotopic (exact) mass is 406 g/mol. The Morgan fingerprint density at radius 1 is 1.13 bits per heavy atom. The van der Waals surface area contributed by atoms with Crippen LogP contribution in [0.3, 0.4) is 0 Å². The molecule has 2 aromatic carbocycles. The molecule has 7 nitrogen and oxygen atoms in total. The SMILES string of the molecule is CCOC(=O)C1=C(c2ccc(OC)cc2)OC(N)=C(C#N)C1c1ccccc1OC. The van der Waals surface area contributed by atoms with Crippen LogP contribution < -0.4 is 15.2 Å². The van der Waals surface area contributed by atoms with Gasteiger partial charge >= 0.3 is 5.97 Å². The molecule has 1 atom stereocenters. The Hall–Kier alpha value is -3.92. The van der Waals surface area contributed by atoms with Crippen molar-refractivity contribution in [2.45, 2.75) is 12.8 Å². The van der Waals surface area contributed by atoms with Crippen LogP contribution >= 0.6 is 0 Å². The number of methoxy groups -OCH3 is 2. The molecule has 0 bridgehead atoms. The van der Waals surface area contributed by atoms with Gasteiger partial charge in [0.1, 0.15) is 28.9 Å². The molecule has 0 fully saturated rings. The molecular formula is C23H22N2O5. The lowest BCUT2D eigenvalue weighted by Gasteiger charge is -2.29. The number of nitrogens with two attached hydrogens (primary N) is 1. The molecule has 0 aliphatic carbocycles. The summed E-state index contributed by atoms with van der Waals surface area (Å²) in [4.78, 5) is 13.1. The highest BCUT2D eigenvalue weighted by molar-refractivity contribution is 6.00. The maximum Gasteiger partial charge on any atom is 0.338 e. The minimum Gasteiger partial charge on any atom is -0.497 e. The normalized spacial score (nSPS) is 15.9. The number of carbonyl (C=O) groups is 1. The molecule has 0 aromatic heterocycles. The fourth-order valence-corrected chi connectivity index (χ4v) is 3.35. The second-order valence-corrected chi connectivity index (χ2v) is 6.36. The fourth-order valence-electron chi connectivity index (χ4n) is 3.35. The third-order valence-electron chi connectivity index (χ3n) is 4.72. The van der Waals surface area contributed by atoms with Crippen LogP contribution in [0.4, 0.5) is 0 Å². The summed E-state index contributed by atoms with van der Waals surface area (Å²) < 4.78 is 21.8. The van der Waals surface area contributed by atoms with E-state index in [-0.39, 0.29) is 29.4 Å². The van der Waals surface area contributed by atoms with Gasteiger partial charge in [0.2, 0.25) is 5.88 Å². The molecular weight excluding hydrogens is 384 g/mol. The Labute approximate surface area is 174 Å². The Morgan fingerprint density at radius 2 is 1.83 bits per heavy atom. The fraction of sp³-hybridized carbons (Fsp3) is 0.217. The smallest absolute Gasteiger partial charge is 0.338 e. The van der Waals surface area contributed by atoms with Gasteiger partial charge in [-0.15, -0.1) is 0 Å². The maximum absolute atomic E-state index is 13.1. The second-order valence-electron chi connectivity index (χ2n) is 6.36. The van der Waals surface area contributed by atoms with Crippen molar-refractivity contribution in [1.82, 2.24) is 0 Å². The molecule has 7 heteroatoms. The summed E-state index contributed by atoms with van der Waals surface area (Å²) in [6.07, 6.45) is 0. The van der Waals surface area contributed by atoms with Crippen LogP contribution in [-0.2, 0) is 14.3 Å². The molecule has 154 valence electrons. The highest BCUT2D eigenvalue weighted by atomic mass is 16.5. The molecule has 0 saturated carbocycles. The van der Waals surface area contributed by atoms with Gasteiger partial charge in [-0.25, -0.2) is 4.79 Å². The Kier molecular flexibility index (Phi) is 6.28. The minimum absolute atomic E-state index is 0.0766. The van der Waals surface area contributed by atoms with Gasteiger partial charge in [0.25, 0.3) is 0 Å². The number of benzene rings is 2. The number of ether oxygens (including phenoxy) is 4. The molecule has 3 rings (SSSR count). The van der Waals surface area contributed by atoms with Crippen LogP contribution in [0.5, 0.6) is 11.5 Å². The number of nitrogens with zero attached hydrogens (tertiary/aromatic N) is 1. The van der Waals surface area contributed by atoms with E-state index in [0.717, 1.165) is 0 Å². The van der Waals surface area contributed by atoms with E-state index in [1.165, 1.54) is 7.11 Å². The lowest BCUT2D eigenvalue weighted by Crippen LogP contribution is -2.26. The number of esters is 1. The van der Waals surface area contributed by atoms with Crippen LogP contribution in [0, 0.1) is 11.3 Å². The predicted molar refractivity (Wildman–Crippen MR) is 110 cm³/mol. The first kappa shape index (κ1) is 20.8. The van der Waals surface area contributed by atoms with Gasteiger partial charge in [-0.1, -0.05) is 18.2 Å². The van der Waals surface area contributed by atoms with Crippen molar-refractivity contribution in [3.05, 3.63) is 76.7 Å². The third kappa shape index (κ3) is 3.80.